The highest BCUT2D eigenvalue weighted by Gasteiger charge is 2.17. The summed E-state index contributed by atoms with van der Waals surface area (Å²) in [5, 5.41) is 2.98. The van der Waals surface area contributed by atoms with Crippen molar-refractivity contribution in [2.45, 2.75) is 45.4 Å². The van der Waals surface area contributed by atoms with Crippen molar-refractivity contribution >= 4 is 11.7 Å². The van der Waals surface area contributed by atoms with Crippen LogP contribution in [-0.4, -0.2) is 17.4 Å². The number of nitrogen functional groups attached to an aromatic ring is 1. The minimum atomic E-state index is -0.0508. The molecule has 1 aliphatic carbocycles. The third-order valence-electron chi connectivity index (χ3n) is 3.91. The molecule has 1 fully saturated rings. The lowest BCUT2D eigenvalue weighted by atomic mass is 9.83. The van der Waals surface area contributed by atoms with Gasteiger partial charge in [0.2, 0.25) is 0 Å². The van der Waals surface area contributed by atoms with Crippen molar-refractivity contribution in [2.75, 3.05) is 12.0 Å². The predicted octanol–water partition coefficient (Wildman–Crippen LogP) is 2.41. The molecule has 110 valence electrons. The van der Waals surface area contributed by atoms with Crippen molar-refractivity contribution in [1.82, 2.24) is 10.3 Å². The molecular weight excluding hydrogens is 252 g/mol. The Bertz CT molecular complexity index is 469. The third kappa shape index (κ3) is 3.70. The Kier molecular flexibility index (Phi) is 4.95. The molecule has 2 rings (SSSR count). The number of hydrogen-bond acceptors (Lipinski definition) is 4. The lowest BCUT2D eigenvalue weighted by molar-refractivity contribution is 0.0949. The fraction of sp³-hybridized carbons (Fsp3) is 0.600. The number of rotatable bonds is 6. The van der Waals surface area contributed by atoms with E-state index in [9.17, 15) is 4.79 Å². The number of anilines is 1. The number of amides is 1. The Balaban J connectivity index is 1.98. The zero-order valence-corrected chi connectivity index (χ0v) is 12.3. The van der Waals surface area contributed by atoms with Gasteiger partial charge in [-0.3, -0.25) is 4.79 Å². The van der Waals surface area contributed by atoms with Crippen LogP contribution in [0.15, 0.2) is 12.1 Å². The molecule has 20 heavy (non-hydrogen) atoms. The normalized spacial score (nSPS) is 15.0. The van der Waals surface area contributed by atoms with E-state index in [1.54, 1.807) is 6.07 Å². The van der Waals surface area contributed by atoms with E-state index in [1.165, 1.54) is 19.3 Å². The smallest absolute Gasteiger partial charge is 0.251 e. The fourth-order valence-corrected chi connectivity index (χ4v) is 2.33. The van der Waals surface area contributed by atoms with Crippen LogP contribution in [0.1, 0.15) is 61.5 Å². The summed E-state index contributed by atoms with van der Waals surface area (Å²) in [6, 6.07) is 3.52. The minimum Gasteiger partial charge on any atom is -0.352 e. The number of carbonyl (C=O) groups excluding carboxylic acids is 1. The average Bonchev–Trinajstić information content (AvgIpc) is 2.40. The highest BCUT2D eigenvalue weighted by molar-refractivity contribution is 5.95. The molecule has 1 amide bonds. The van der Waals surface area contributed by atoms with Gasteiger partial charge in [0.05, 0.1) is 0 Å². The summed E-state index contributed by atoms with van der Waals surface area (Å²) in [5.74, 6) is 6.95. The van der Waals surface area contributed by atoms with Crippen LogP contribution >= 0.6 is 0 Å². The van der Waals surface area contributed by atoms with Crippen molar-refractivity contribution < 1.29 is 4.79 Å². The molecule has 5 nitrogen and oxygen atoms in total. The minimum absolute atomic E-state index is 0.0508. The van der Waals surface area contributed by atoms with E-state index in [1.807, 2.05) is 19.9 Å². The number of aromatic nitrogens is 1. The first-order valence-electron chi connectivity index (χ1n) is 7.37. The van der Waals surface area contributed by atoms with Crippen LogP contribution in [-0.2, 0) is 0 Å². The molecule has 4 N–H and O–H groups in total. The Morgan fingerprint density at radius 1 is 1.45 bits per heavy atom. The summed E-state index contributed by atoms with van der Waals surface area (Å²) in [4.78, 5) is 16.5. The SMILES string of the molecule is CC(C)c1cc(C(=O)NCCC2CCC2)cc(NN)n1. The van der Waals surface area contributed by atoms with Gasteiger partial charge in [-0.2, -0.15) is 0 Å². The van der Waals surface area contributed by atoms with E-state index in [-0.39, 0.29) is 11.8 Å². The van der Waals surface area contributed by atoms with Gasteiger partial charge in [0.15, 0.2) is 0 Å². The van der Waals surface area contributed by atoms with Crippen LogP contribution in [0.3, 0.4) is 0 Å². The van der Waals surface area contributed by atoms with Gasteiger partial charge in [0.25, 0.3) is 5.91 Å². The number of hydrogen-bond donors (Lipinski definition) is 3. The van der Waals surface area contributed by atoms with Gasteiger partial charge in [0.1, 0.15) is 5.82 Å². The van der Waals surface area contributed by atoms with Crippen LogP contribution < -0.4 is 16.6 Å². The van der Waals surface area contributed by atoms with Crippen molar-refractivity contribution in [2.24, 2.45) is 11.8 Å². The molecule has 0 bridgehead atoms. The number of nitrogens with one attached hydrogen (secondary N) is 2. The van der Waals surface area contributed by atoms with E-state index in [2.05, 4.69) is 15.7 Å². The number of pyridine rings is 1. The zero-order chi connectivity index (χ0) is 14.5. The second kappa shape index (κ2) is 6.70. The topological polar surface area (TPSA) is 80.0 Å². The molecule has 0 unspecified atom stereocenters. The van der Waals surface area contributed by atoms with Gasteiger partial charge >= 0.3 is 0 Å². The monoisotopic (exact) mass is 276 g/mol. The largest absolute Gasteiger partial charge is 0.352 e. The standard InChI is InChI=1S/C15H24N4O/c1-10(2)13-8-12(9-14(18-13)19-16)15(20)17-7-6-11-4-3-5-11/h8-11H,3-7,16H2,1-2H3,(H,17,20)(H,18,19). The van der Waals surface area contributed by atoms with Crippen LogP contribution in [0.25, 0.3) is 0 Å². The van der Waals surface area contributed by atoms with Crippen LogP contribution in [0.2, 0.25) is 0 Å². The maximum Gasteiger partial charge on any atom is 0.251 e. The van der Waals surface area contributed by atoms with Crippen LogP contribution in [0.4, 0.5) is 5.82 Å². The molecule has 0 aromatic carbocycles. The van der Waals surface area contributed by atoms with Crippen molar-refractivity contribution in [3.8, 4) is 0 Å². The molecule has 0 spiro atoms. The number of nitrogens with zero attached hydrogens (tertiary/aromatic N) is 1. The van der Waals surface area contributed by atoms with Gasteiger partial charge in [-0.1, -0.05) is 33.1 Å². The molecule has 1 heterocycles. The van der Waals surface area contributed by atoms with Crippen molar-refractivity contribution in [3.05, 3.63) is 23.4 Å². The maximum absolute atomic E-state index is 12.2. The third-order valence-corrected chi connectivity index (χ3v) is 3.91. The molecule has 1 aromatic heterocycles. The first kappa shape index (κ1) is 14.8. The first-order chi connectivity index (χ1) is 9.60. The second-order valence-electron chi connectivity index (χ2n) is 5.81. The molecule has 5 heteroatoms. The second-order valence-corrected chi connectivity index (χ2v) is 5.81. The molecular formula is C15H24N4O. The summed E-state index contributed by atoms with van der Waals surface area (Å²) >= 11 is 0. The van der Waals surface area contributed by atoms with E-state index in [0.29, 0.717) is 11.4 Å². The number of hydrazine groups is 1. The van der Waals surface area contributed by atoms with Gasteiger partial charge in [0, 0.05) is 17.8 Å². The first-order valence-corrected chi connectivity index (χ1v) is 7.37. The highest BCUT2D eigenvalue weighted by atomic mass is 16.1. The van der Waals surface area contributed by atoms with E-state index in [4.69, 9.17) is 5.84 Å². The summed E-state index contributed by atoms with van der Waals surface area (Å²) in [6.07, 6.45) is 5.04. The van der Waals surface area contributed by atoms with Crippen LogP contribution in [0, 0.1) is 5.92 Å². The van der Waals surface area contributed by atoms with Crippen molar-refractivity contribution in [1.29, 1.82) is 0 Å². The zero-order valence-electron chi connectivity index (χ0n) is 12.3. The van der Waals surface area contributed by atoms with E-state index in [0.717, 1.165) is 24.6 Å². The Labute approximate surface area is 120 Å². The Morgan fingerprint density at radius 3 is 2.75 bits per heavy atom. The quantitative estimate of drug-likeness (QED) is 0.550. The lowest BCUT2D eigenvalue weighted by Crippen LogP contribution is -2.27. The van der Waals surface area contributed by atoms with Crippen LogP contribution in [0.5, 0.6) is 0 Å². The summed E-state index contributed by atoms with van der Waals surface area (Å²) in [7, 11) is 0. The highest BCUT2D eigenvalue weighted by Crippen LogP contribution is 2.28. The molecule has 0 saturated heterocycles. The van der Waals surface area contributed by atoms with Gasteiger partial charge < -0.3 is 10.7 Å². The Hall–Kier alpha value is -1.62. The number of nitrogens with two attached hydrogens (primary N) is 1. The van der Waals surface area contributed by atoms with Gasteiger partial charge in [-0.05, 0) is 30.4 Å². The maximum atomic E-state index is 12.2. The molecule has 1 aromatic rings. The summed E-state index contributed by atoms with van der Waals surface area (Å²) in [6.45, 7) is 4.83. The van der Waals surface area contributed by atoms with Gasteiger partial charge in [-0.25, -0.2) is 10.8 Å². The summed E-state index contributed by atoms with van der Waals surface area (Å²) in [5.41, 5.74) is 4.00. The predicted molar refractivity (Wildman–Crippen MR) is 80.4 cm³/mol. The molecule has 0 radical (unpaired) electrons. The van der Waals surface area contributed by atoms with Gasteiger partial charge in [-0.15, -0.1) is 0 Å². The molecule has 0 atom stereocenters. The molecule has 1 saturated carbocycles. The lowest BCUT2D eigenvalue weighted by Gasteiger charge is -2.25. The summed E-state index contributed by atoms with van der Waals surface area (Å²) < 4.78 is 0. The molecule has 0 aliphatic heterocycles. The fourth-order valence-electron chi connectivity index (χ4n) is 2.33. The Morgan fingerprint density at radius 2 is 2.20 bits per heavy atom. The van der Waals surface area contributed by atoms with E-state index < -0.39 is 0 Å². The van der Waals surface area contributed by atoms with Crippen molar-refractivity contribution in [3.63, 3.8) is 0 Å². The molecule has 1 aliphatic rings. The van der Waals surface area contributed by atoms with E-state index >= 15 is 0 Å². The number of carbonyl (C=O) groups is 1. The average molecular weight is 276 g/mol.